The van der Waals surface area contributed by atoms with Gasteiger partial charge in [0, 0.05) is 11.6 Å². The van der Waals surface area contributed by atoms with Crippen molar-refractivity contribution in [2.24, 2.45) is 0 Å². The second kappa shape index (κ2) is 4.99. The third-order valence-corrected chi connectivity index (χ3v) is 4.24. The minimum atomic E-state index is -3.60. The highest BCUT2D eigenvalue weighted by molar-refractivity contribution is 7.92. The van der Waals surface area contributed by atoms with Gasteiger partial charge in [0.15, 0.2) is 0 Å². The highest BCUT2D eigenvalue weighted by Gasteiger charge is 2.18. The molecular weight excluding hydrogens is 274 g/mol. The highest BCUT2D eigenvalue weighted by atomic mass is 35.5. The zero-order valence-corrected chi connectivity index (χ0v) is 11.2. The van der Waals surface area contributed by atoms with Crippen LogP contribution in [0.5, 0.6) is 0 Å². The smallest absolute Gasteiger partial charge is 0.265 e. The Labute approximate surface area is 110 Å². The summed E-state index contributed by atoms with van der Waals surface area (Å²) in [6.45, 7) is 1.65. The molecule has 1 aromatic carbocycles. The molecule has 0 atom stereocenters. The fourth-order valence-electron chi connectivity index (χ4n) is 1.48. The van der Waals surface area contributed by atoms with Gasteiger partial charge in [0.25, 0.3) is 10.0 Å². The van der Waals surface area contributed by atoms with Gasteiger partial charge in [-0.05, 0) is 24.6 Å². The van der Waals surface area contributed by atoms with Crippen LogP contribution in [-0.4, -0.2) is 18.6 Å². The SMILES string of the molecule is Cc1[nH]ncc1S(=O)(=O)Nc1ccc(CCl)cc1. The first-order valence-corrected chi connectivity index (χ1v) is 7.22. The summed E-state index contributed by atoms with van der Waals surface area (Å²) in [5.41, 5.74) is 1.92. The van der Waals surface area contributed by atoms with Gasteiger partial charge in [-0.1, -0.05) is 12.1 Å². The summed E-state index contributed by atoms with van der Waals surface area (Å²) in [5.74, 6) is 0.397. The number of hydrogen-bond acceptors (Lipinski definition) is 3. The number of alkyl halides is 1. The van der Waals surface area contributed by atoms with E-state index in [-0.39, 0.29) is 4.90 Å². The van der Waals surface area contributed by atoms with Gasteiger partial charge >= 0.3 is 0 Å². The number of anilines is 1. The van der Waals surface area contributed by atoms with Gasteiger partial charge in [-0.2, -0.15) is 5.10 Å². The first-order valence-electron chi connectivity index (χ1n) is 5.20. The van der Waals surface area contributed by atoms with Crippen molar-refractivity contribution in [3.05, 3.63) is 41.7 Å². The number of H-pyrrole nitrogens is 1. The summed E-state index contributed by atoms with van der Waals surface area (Å²) in [5, 5.41) is 6.29. The van der Waals surface area contributed by atoms with E-state index in [2.05, 4.69) is 14.9 Å². The normalized spacial score (nSPS) is 11.4. The van der Waals surface area contributed by atoms with Gasteiger partial charge in [0.2, 0.25) is 0 Å². The van der Waals surface area contributed by atoms with Crippen molar-refractivity contribution in [1.82, 2.24) is 10.2 Å². The average Bonchev–Trinajstić information content (AvgIpc) is 2.77. The Morgan fingerprint density at radius 3 is 2.50 bits per heavy atom. The molecule has 7 heteroatoms. The van der Waals surface area contributed by atoms with Crippen LogP contribution >= 0.6 is 11.6 Å². The first kappa shape index (κ1) is 12.9. The van der Waals surface area contributed by atoms with Gasteiger partial charge in [-0.25, -0.2) is 8.42 Å². The number of aromatic amines is 1. The van der Waals surface area contributed by atoms with Crippen molar-refractivity contribution in [2.75, 3.05) is 4.72 Å². The summed E-state index contributed by atoms with van der Waals surface area (Å²) >= 11 is 5.66. The van der Waals surface area contributed by atoms with Crippen LogP contribution in [0.25, 0.3) is 0 Å². The molecule has 2 aromatic rings. The molecule has 0 saturated carbocycles. The van der Waals surface area contributed by atoms with E-state index >= 15 is 0 Å². The molecule has 96 valence electrons. The van der Waals surface area contributed by atoms with E-state index in [1.807, 2.05) is 0 Å². The van der Waals surface area contributed by atoms with Crippen molar-refractivity contribution < 1.29 is 8.42 Å². The van der Waals surface area contributed by atoms with E-state index in [0.717, 1.165) is 5.56 Å². The van der Waals surface area contributed by atoms with Crippen LogP contribution in [0.3, 0.4) is 0 Å². The van der Waals surface area contributed by atoms with Crippen molar-refractivity contribution in [1.29, 1.82) is 0 Å². The molecule has 0 aliphatic rings. The number of aromatic nitrogens is 2. The number of aryl methyl sites for hydroxylation is 1. The van der Waals surface area contributed by atoms with Crippen LogP contribution in [0.2, 0.25) is 0 Å². The number of sulfonamides is 1. The second-order valence-electron chi connectivity index (χ2n) is 3.80. The predicted molar refractivity (Wildman–Crippen MR) is 70.1 cm³/mol. The minimum Gasteiger partial charge on any atom is -0.281 e. The molecule has 0 aliphatic carbocycles. The van der Waals surface area contributed by atoms with E-state index in [1.54, 1.807) is 31.2 Å². The van der Waals surface area contributed by atoms with Gasteiger partial charge in [-0.15, -0.1) is 11.6 Å². The molecule has 5 nitrogen and oxygen atoms in total. The monoisotopic (exact) mass is 285 g/mol. The predicted octanol–water partition coefficient (Wildman–Crippen LogP) is 2.26. The Balaban J connectivity index is 2.25. The maximum atomic E-state index is 12.0. The third kappa shape index (κ3) is 2.65. The average molecular weight is 286 g/mol. The Kier molecular flexibility index (Phi) is 3.58. The molecule has 1 heterocycles. The lowest BCUT2D eigenvalue weighted by atomic mass is 10.2. The maximum Gasteiger partial charge on any atom is 0.265 e. The number of nitrogens with zero attached hydrogens (tertiary/aromatic N) is 1. The van der Waals surface area contributed by atoms with E-state index in [9.17, 15) is 8.42 Å². The molecule has 0 spiro atoms. The van der Waals surface area contributed by atoms with Crippen LogP contribution in [0.1, 0.15) is 11.3 Å². The lowest BCUT2D eigenvalue weighted by Gasteiger charge is -2.07. The van der Waals surface area contributed by atoms with Gasteiger partial charge in [0.05, 0.1) is 11.9 Å². The number of nitrogens with one attached hydrogen (secondary N) is 2. The lowest BCUT2D eigenvalue weighted by Crippen LogP contribution is -2.13. The topological polar surface area (TPSA) is 74.8 Å². The Hall–Kier alpha value is -1.53. The molecule has 0 unspecified atom stereocenters. The lowest BCUT2D eigenvalue weighted by molar-refractivity contribution is 0.600. The summed E-state index contributed by atoms with van der Waals surface area (Å²) < 4.78 is 26.6. The van der Waals surface area contributed by atoms with E-state index < -0.39 is 10.0 Å². The molecule has 2 N–H and O–H groups in total. The summed E-state index contributed by atoms with van der Waals surface area (Å²) in [6, 6.07) is 6.88. The third-order valence-electron chi connectivity index (χ3n) is 2.43. The second-order valence-corrected chi connectivity index (χ2v) is 5.71. The van der Waals surface area contributed by atoms with Gasteiger partial charge in [-0.3, -0.25) is 9.82 Å². The summed E-state index contributed by atoms with van der Waals surface area (Å²) in [4.78, 5) is 0.143. The summed E-state index contributed by atoms with van der Waals surface area (Å²) in [6.07, 6.45) is 1.28. The van der Waals surface area contributed by atoms with Gasteiger partial charge < -0.3 is 0 Å². The van der Waals surface area contributed by atoms with Crippen molar-refractivity contribution in [2.45, 2.75) is 17.7 Å². The number of rotatable bonds is 4. The minimum absolute atomic E-state index is 0.143. The molecule has 2 rings (SSSR count). The number of halogens is 1. The Bertz CT molecular complexity index is 635. The molecule has 0 radical (unpaired) electrons. The van der Waals surface area contributed by atoms with Crippen LogP contribution in [-0.2, 0) is 15.9 Å². The first-order chi connectivity index (χ1) is 8.53. The van der Waals surface area contributed by atoms with Crippen molar-refractivity contribution in [3.63, 3.8) is 0 Å². The molecule has 1 aromatic heterocycles. The van der Waals surface area contributed by atoms with Crippen LogP contribution in [0, 0.1) is 6.92 Å². The van der Waals surface area contributed by atoms with E-state index in [1.165, 1.54) is 6.20 Å². The van der Waals surface area contributed by atoms with E-state index in [4.69, 9.17) is 11.6 Å². The van der Waals surface area contributed by atoms with Crippen molar-refractivity contribution >= 4 is 27.3 Å². The quantitative estimate of drug-likeness (QED) is 0.846. The molecule has 0 saturated heterocycles. The zero-order chi connectivity index (χ0) is 13.2. The number of hydrogen-bond donors (Lipinski definition) is 2. The summed E-state index contributed by atoms with van der Waals surface area (Å²) in [7, 11) is -3.60. The standard InChI is InChI=1S/C11H12ClN3O2S/c1-8-11(7-13-14-8)18(16,17)15-10-4-2-9(6-12)3-5-10/h2-5,7,15H,6H2,1H3,(H,13,14). The van der Waals surface area contributed by atoms with Crippen LogP contribution in [0.4, 0.5) is 5.69 Å². The Morgan fingerprint density at radius 2 is 2.00 bits per heavy atom. The highest BCUT2D eigenvalue weighted by Crippen LogP contribution is 2.18. The fourth-order valence-corrected chi connectivity index (χ4v) is 2.86. The molecule has 0 fully saturated rings. The zero-order valence-electron chi connectivity index (χ0n) is 9.64. The van der Waals surface area contributed by atoms with Gasteiger partial charge in [0.1, 0.15) is 4.90 Å². The molecule has 0 bridgehead atoms. The number of benzene rings is 1. The maximum absolute atomic E-state index is 12.0. The van der Waals surface area contributed by atoms with E-state index in [0.29, 0.717) is 17.3 Å². The molecule has 0 amide bonds. The molecule has 18 heavy (non-hydrogen) atoms. The Morgan fingerprint density at radius 1 is 1.33 bits per heavy atom. The van der Waals surface area contributed by atoms with Crippen LogP contribution < -0.4 is 4.72 Å². The van der Waals surface area contributed by atoms with Crippen molar-refractivity contribution in [3.8, 4) is 0 Å². The molecule has 0 aliphatic heterocycles. The molecular formula is C11H12ClN3O2S. The van der Waals surface area contributed by atoms with Crippen LogP contribution in [0.15, 0.2) is 35.4 Å². The fraction of sp³-hybridized carbons (Fsp3) is 0.182. The largest absolute Gasteiger partial charge is 0.281 e.